The molecule has 1 unspecified atom stereocenters. The van der Waals surface area contributed by atoms with E-state index in [9.17, 15) is 9.59 Å². The Morgan fingerprint density at radius 1 is 1.17 bits per heavy atom. The summed E-state index contributed by atoms with van der Waals surface area (Å²) in [6, 6.07) is 3.64. The molecule has 1 aromatic heterocycles. The van der Waals surface area contributed by atoms with Crippen molar-refractivity contribution in [3.05, 3.63) is 27.3 Å². The van der Waals surface area contributed by atoms with E-state index in [1.54, 1.807) is 16.7 Å². The molecule has 1 atom stereocenters. The zero-order valence-electron chi connectivity index (χ0n) is 17.7. The van der Waals surface area contributed by atoms with Gasteiger partial charge in [-0.2, -0.15) is 0 Å². The van der Waals surface area contributed by atoms with E-state index in [0.717, 1.165) is 6.42 Å². The normalized spacial score (nSPS) is 12.0. The van der Waals surface area contributed by atoms with Crippen molar-refractivity contribution in [2.24, 2.45) is 0 Å². The van der Waals surface area contributed by atoms with E-state index in [1.807, 2.05) is 27.7 Å². The number of fused-ring (bicyclic) bond motifs is 1. The van der Waals surface area contributed by atoms with Crippen LogP contribution in [0.2, 0.25) is 0 Å². The van der Waals surface area contributed by atoms with Crippen LogP contribution in [0.15, 0.2) is 16.9 Å². The van der Waals surface area contributed by atoms with Gasteiger partial charge in [-0.1, -0.05) is 6.92 Å². The lowest BCUT2D eigenvalue weighted by atomic mass is 10.2. The number of nitrogens with zero attached hydrogens (tertiary/aromatic N) is 1. The quantitative estimate of drug-likeness (QED) is 0.424. The highest BCUT2D eigenvalue weighted by Gasteiger charge is 2.13. The summed E-state index contributed by atoms with van der Waals surface area (Å²) in [4.78, 5) is 28.0. The van der Waals surface area contributed by atoms with Crippen molar-refractivity contribution < 1.29 is 14.3 Å². The van der Waals surface area contributed by atoms with E-state index in [1.165, 1.54) is 0 Å². The van der Waals surface area contributed by atoms with Gasteiger partial charge in [0.15, 0.2) is 16.3 Å². The van der Waals surface area contributed by atoms with Gasteiger partial charge in [-0.3, -0.25) is 14.2 Å². The summed E-state index contributed by atoms with van der Waals surface area (Å²) >= 11 is 5.39. The Balaban J connectivity index is 2.18. The Morgan fingerprint density at radius 2 is 1.83 bits per heavy atom. The summed E-state index contributed by atoms with van der Waals surface area (Å²) in [6.45, 7) is 9.22. The molecule has 0 aliphatic rings. The minimum Gasteiger partial charge on any atom is -0.490 e. The van der Waals surface area contributed by atoms with Crippen LogP contribution in [0, 0.1) is 4.77 Å². The van der Waals surface area contributed by atoms with Gasteiger partial charge in [0.2, 0.25) is 5.91 Å². The van der Waals surface area contributed by atoms with Gasteiger partial charge >= 0.3 is 0 Å². The number of hydrogen-bond acceptors (Lipinski definition) is 5. The third kappa shape index (κ3) is 6.06. The number of H-pyrrole nitrogens is 1. The predicted octanol–water partition coefficient (Wildman–Crippen LogP) is 3.94. The van der Waals surface area contributed by atoms with Crippen LogP contribution in [-0.4, -0.2) is 34.7 Å². The van der Waals surface area contributed by atoms with Crippen LogP contribution in [0.5, 0.6) is 11.5 Å². The standard InChI is InChI=1S/C21H31N3O4S/c1-5-14(4)22-19(25)10-8-9-11-24-20(26)15-12-17(27-6-2)18(28-7-3)13-16(15)23-21(24)29/h12-14H,5-11H2,1-4H3,(H,22,25)(H,23,29). The van der Waals surface area contributed by atoms with Crippen molar-refractivity contribution in [2.75, 3.05) is 13.2 Å². The molecule has 0 bridgehead atoms. The molecular formula is C21H31N3O4S. The number of carbonyl (C=O) groups is 1. The fraction of sp³-hybridized carbons (Fsp3) is 0.571. The highest BCUT2D eigenvalue weighted by atomic mass is 32.1. The first-order chi connectivity index (χ1) is 13.9. The van der Waals surface area contributed by atoms with E-state index in [-0.39, 0.29) is 17.5 Å². The number of carbonyl (C=O) groups excluding carboxylic acids is 1. The number of nitrogens with one attached hydrogen (secondary N) is 2. The fourth-order valence-corrected chi connectivity index (χ4v) is 3.29. The van der Waals surface area contributed by atoms with E-state index in [0.29, 0.717) is 66.2 Å². The van der Waals surface area contributed by atoms with Gasteiger partial charge in [-0.05, 0) is 58.3 Å². The fourth-order valence-electron chi connectivity index (χ4n) is 3.00. The van der Waals surface area contributed by atoms with Crippen LogP contribution in [-0.2, 0) is 11.3 Å². The minimum atomic E-state index is -0.170. The smallest absolute Gasteiger partial charge is 0.262 e. The van der Waals surface area contributed by atoms with Crippen molar-refractivity contribution in [1.29, 1.82) is 0 Å². The highest BCUT2D eigenvalue weighted by molar-refractivity contribution is 7.71. The first-order valence-electron chi connectivity index (χ1n) is 10.3. The predicted molar refractivity (Wildman–Crippen MR) is 117 cm³/mol. The van der Waals surface area contributed by atoms with Crippen molar-refractivity contribution >= 4 is 29.0 Å². The lowest BCUT2D eigenvalue weighted by Gasteiger charge is -2.14. The molecule has 2 N–H and O–H groups in total. The van der Waals surface area contributed by atoms with Gasteiger partial charge in [0.1, 0.15) is 0 Å². The Morgan fingerprint density at radius 3 is 2.45 bits per heavy atom. The number of rotatable bonds is 11. The third-order valence-corrected chi connectivity index (χ3v) is 5.02. The average molecular weight is 422 g/mol. The zero-order valence-corrected chi connectivity index (χ0v) is 18.5. The van der Waals surface area contributed by atoms with E-state index in [4.69, 9.17) is 21.7 Å². The van der Waals surface area contributed by atoms with Crippen LogP contribution in [0.1, 0.15) is 53.4 Å². The molecule has 0 saturated carbocycles. The number of ether oxygens (including phenoxy) is 2. The maximum Gasteiger partial charge on any atom is 0.262 e. The maximum absolute atomic E-state index is 13.0. The summed E-state index contributed by atoms with van der Waals surface area (Å²) in [5.41, 5.74) is 0.452. The number of unbranched alkanes of at least 4 members (excludes halogenated alkanes) is 1. The second-order valence-electron chi connectivity index (χ2n) is 6.93. The molecule has 8 heteroatoms. The summed E-state index contributed by atoms with van der Waals surface area (Å²) in [6.07, 6.45) is 2.72. The second kappa shape index (κ2) is 11.0. The molecule has 0 radical (unpaired) electrons. The molecule has 2 aromatic rings. The lowest BCUT2D eigenvalue weighted by Crippen LogP contribution is -2.31. The molecule has 1 aromatic carbocycles. The second-order valence-corrected chi connectivity index (χ2v) is 7.32. The van der Waals surface area contributed by atoms with Crippen molar-refractivity contribution in [1.82, 2.24) is 14.9 Å². The Hall–Kier alpha value is -2.35. The molecule has 1 amide bonds. The highest BCUT2D eigenvalue weighted by Crippen LogP contribution is 2.30. The topological polar surface area (TPSA) is 85.4 Å². The summed E-state index contributed by atoms with van der Waals surface area (Å²) in [5.74, 6) is 1.16. The van der Waals surface area contributed by atoms with Gasteiger partial charge in [-0.15, -0.1) is 0 Å². The van der Waals surface area contributed by atoms with Crippen LogP contribution >= 0.6 is 12.2 Å². The van der Waals surface area contributed by atoms with Crippen LogP contribution in [0.3, 0.4) is 0 Å². The van der Waals surface area contributed by atoms with Crippen LogP contribution in [0.4, 0.5) is 0 Å². The monoisotopic (exact) mass is 421 g/mol. The Labute approximate surface area is 176 Å². The summed E-state index contributed by atoms with van der Waals surface area (Å²) in [7, 11) is 0. The number of aromatic nitrogens is 2. The molecule has 0 fully saturated rings. The van der Waals surface area contributed by atoms with Crippen LogP contribution in [0.25, 0.3) is 10.9 Å². The number of amides is 1. The first-order valence-corrected chi connectivity index (χ1v) is 10.7. The molecule has 0 spiro atoms. The van der Waals surface area contributed by atoms with E-state index < -0.39 is 0 Å². The van der Waals surface area contributed by atoms with Crippen molar-refractivity contribution in [3.8, 4) is 11.5 Å². The van der Waals surface area contributed by atoms with Gasteiger partial charge in [-0.25, -0.2) is 0 Å². The van der Waals surface area contributed by atoms with Crippen molar-refractivity contribution in [3.63, 3.8) is 0 Å². The molecule has 7 nitrogen and oxygen atoms in total. The number of benzene rings is 1. The molecule has 0 aliphatic heterocycles. The Kier molecular flexibility index (Phi) is 8.70. The zero-order chi connectivity index (χ0) is 21.4. The molecule has 29 heavy (non-hydrogen) atoms. The van der Waals surface area contributed by atoms with Gasteiger partial charge in [0.25, 0.3) is 5.56 Å². The lowest BCUT2D eigenvalue weighted by molar-refractivity contribution is -0.121. The summed E-state index contributed by atoms with van der Waals surface area (Å²) < 4.78 is 13.2. The third-order valence-electron chi connectivity index (χ3n) is 4.70. The molecular weight excluding hydrogens is 390 g/mol. The van der Waals surface area contributed by atoms with Gasteiger partial charge in [0, 0.05) is 25.1 Å². The molecule has 160 valence electrons. The maximum atomic E-state index is 13.0. The van der Waals surface area contributed by atoms with Crippen LogP contribution < -0.4 is 20.3 Å². The summed E-state index contributed by atoms with van der Waals surface area (Å²) in [5, 5.41) is 3.45. The number of aromatic amines is 1. The average Bonchev–Trinajstić information content (AvgIpc) is 2.68. The molecule has 2 rings (SSSR count). The van der Waals surface area contributed by atoms with E-state index >= 15 is 0 Å². The first kappa shape index (κ1) is 22.9. The molecule has 0 aliphatic carbocycles. The minimum absolute atomic E-state index is 0.0418. The van der Waals surface area contributed by atoms with E-state index in [2.05, 4.69) is 10.3 Å². The number of hydrogen-bond donors (Lipinski definition) is 2. The van der Waals surface area contributed by atoms with Gasteiger partial charge < -0.3 is 19.8 Å². The molecule has 0 saturated heterocycles. The largest absolute Gasteiger partial charge is 0.490 e. The Bertz CT molecular complexity index is 951. The SMILES string of the molecule is CCOc1cc2[nH]c(=S)n(CCCCC(=O)NC(C)CC)c(=O)c2cc1OCC. The van der Waals surface area contributed by atoms with Gasteiger partial charge in [0.05, 0.1) is 24.1 Å². The van der Waals surface area contributed by atoms with Crippen molar-refractivity contribution in [2.45, 2.75) is 66.0 Å². The molecule has 1 heterocycles.